The van der Waals surface area contributed by atoms with Gasteiger partial charge in [0.1, 0.15) is 12.1 Å². The fourth-order valence-corrected chi connectivity index (χ4v) is 3.69. The van der Waals surface area contributed by atoms with E-state index >= 15 is 0 Å². The molecular weight excluding hydrogens is 410 g/mol. The second-order valence-corrected chi connectivity index (χ2v) is 7.63. The summed E-state index contributed by atoms with van der Waals surface area (Å²) in [7, 11) is 0. The third-order valence-electron chi connectivity index (χ3n) is 5.35. The Kier molecular flexibility index (Phi) is 5.91. The van der Waals surface area contributed by atoms with E-state index in [1.165, 1.54) is 0 Å². The summed E-state index contributed by atoms with van der Waals surface area (Å²) in [4.78, 5) is 39.2. The minimum Gasteiger partial charge on any atom is -0.480 e. The monoisotopic (exact) mass is 433 g/mol. The van der Waals surface area contributed by atoms with Crippen LogP contribution in [0.25, 0.3) is 21.8 Å². The molecular formula is C23H23N5O4. The van der Waals surface area contributed by atoms with E-state index in [0.717, 1.165) is 32.9 Å². The highest BCUT2D eigenvalue weighted by atomic mass is 16.4. The molecule has 5 rings (SSSR count). The number of H-pyrrole nitrogens is 2. The van der Waals surface area contributed by atoms with Gasteiger partial charge in [0.05, 0.1) is 0 Å². The number of benzene rings is 2. The van der Waals surface area contributed by atoms with Gasteiger partial charge in [-0.1, -0.05) is 24.3 Å². The molecule has 1 unspecified atom stereocenters. The van der Waals surface area contributed by atoms with E-state index in [4.69, 9.17) is 10.8 Å². The number of carbonyl (C=O) groups excluding carboxylic acids is 2. The molecule has 1 aliphatic heterocycles. The summed E-state index contributed by atoms with van der Waals surface area (Å²) in [6, 6.07) is 14.0. The summed E-state index contributed by atoms with van der Waals surface area (Å²) in [6.45, 7) is 0. The number of carbonyl (C=O) groups is 3. The van der Waals surface area contributed by atoms with Crippen LogP contribution in [0, 0.1) is 0 Å². The number of amides is 3. The molecule has 164 valence electrons. The third kappa shape index (κ3) is 4.62. The highest BCUT2D eigenvalue weighted by Crippen LogP contribution is 2.19. The predicted molar refractivity (Wildman–Crippen MR) is 120 cm³/mol. The largest absolute Gasteiger partial charge is 0.480 e. The smallest absolute Gasteiger partial charge is 0.322 e. The van der Waals surface area contributed by atoms with Gasteiger partial charge < -0.3 is 26.1 Å². The molecule has 2 aromatic heterocycles. The number of aromatic amines is 2. The molecule has 1 fully saturated rings. The fraction of sp³-hybridized carbons (Fsp3) is 0.174. The Hall–Kier alpha value is -4.11. The average molecular weight is 433 g/mol. The lowest BCUT2D eigenvalue weighted by molar-refractivity contribution is -0.138. The van der Waals surface area contributed by atoms with Crippen LogP contribution in [0.5, 0.6) is 0 Å². The summed E-state index contributed by atoms with van der Waals surface area (Å²) in [5.41, 5.74) is 9.53. The number of carboxylic acids is 1. The summed E-state index contributed by atoms with van der Waals surface area (Å²) < 4.78 is 0. The lowest BCUT2D eigenvalue weighted by atomic mass is 10.0. The number of aliphatic carboxylic acids is 1. The van der Waals surface area contributed by atoms with Gasteiger partial charge in [-0.2, -0.15) is 0 Å². The summed E-state index contributed by atoms with van der Waals surface area (Å²) in [5.74, 6) is -1.23. The lowest BCUT2D eigenvalue weighted by Crippen LogP contribution is -2.32. The second-order valence-electron chi connectivity index (χ2n) is 7.63. The summed E-state index contributed by atoms with van der Waals surface area (Å²) >= 11 is 0. The van der Waals surface area contributed by atoms with Gasteiger partial charge >= 0.3 is 12.0 Å². The van der Waals surface area contributed by atoms with E-state index in [0.29, 0.717) is 12.8 Å². The number of para-hydroxylation sites is 1. The van der Waals surface area contributed by atoms with Crippen LogP contribution >= 0.6 is 0 Å². The number of carboxylic acid groups (broad SMARTS) is 1. The van der Waals surface area contributed by atoms with Crippen LogP contribution in [-0.2, 0) is 22.4 Å². The number of hydrogen-bond donors (Lipinski definition) is 6. The normalized spacial score (nSPS) is 16.3. The molecule has 4 aromatic rings. The van der Waals surface area contributed by atoms with Crippen molar-refractivity contribution in [1.82, 2.24) is 20.6 Å². The molecule has 2 atom stereocenters. The number of nitrogens with two attached hydrogens (primary N) is 1. The minimum absolute atomic E-state index is 0.260. The summed E-state index contributed by atoms with van der Waals surface area (Å²) in [5, 5.41) is 15.7. The second kappa shape index (κ2) is 8.94. The first-order valence-electron chi connectivity index (χ1n) is 10.1. The third-order valence-corrected chi connectivity index (χ3v) is 5.35. The first-order chi connectivity index (χ1) is 15.4. The molecule has 9 heteroatoms. The molecule has 0 saturated carbocycles. The van der Waals surface area contributed by atoms with Crippen LogP contribution in [-0.4, -0.2) is 45.1 Å². The molecule has 2 aromatic carbocycles. The Labute approximate surface area is 183 Å². The van der Waals surface area contributed by atoms with Crippen molar-refractivity contribution in [2.75, 3.05) is 0 Å². The van der Waals surface area contributed by atoms with Crippen molar-refractivity contribution < 1.29 is 19.5 Å². The Morgan fingerprint density at radius 3 is 2.62 bits per heavy atom. The van der Waals surface area contributed by atoms with Crippen LogP contribution in [0.15, 0.2) is 60.9 Å². The van der Waals surface area contributed by atoms with Gasteiger partial charge in [-0.3, -0.25) is 14.9 Å². The van der Waals surface area contributed by atoms with Crippen molar-refractivity contribution in [2.24, 2.45) is 5.73 Å². The lowest BCUT2D eigenvalue weighted by Gasteiger charge is -2.07. The highest BCUT2D eigenvalue weighted by Gasteiger charge is 2.29. The summed E-state index contributed by atoms with van der Waals surface area (Å²) in [6.07, 6.45) is 4.55. The van der Waals surface area contributed by atoms with Gasteiger partial charge in [0, 0.05) is 41.7 Å². The van der Waals surface area contributed by atoms with E-state index in [1.54, 1.807) is 0 Å². The maximum absolute atomic E-state index is 11.4. The fourth-order valence-electron chi connectivity index (χ4n) is 3.69. The van der Waals surface area contributed by atoms with Crippen molar-refractivity contribution in [3.05, 3.63) is 72.1 Å². The van der Waals surface area contributed by atoms with Crippen LogP contribution in [0.4, 0.5) is 4.79 Å². The average Bonchev–Trinajstić information content (AvgIpc) is 3.47. The Balaban J connectivity index is 0.000000155. The zero-order valence-corrected chi connectivity index (χ0v) is 17.1. The van der Waals surface area contributed by atoms with Crippen LogP contribution < -0.4 is 16.4 Å². The Morgan fingerprint density at radius 2 is 1.88 bits per heavy atom. The standard InChI is InChI=1S/C12H11N3O2.C11H12N2O2/c16-11-10(14-12(17)15-11)6-7-1-2-9-8(5-7)3-4-13-9;12-9(11(14)15)5-7-6-13-10-4-2-1-3-8(7)10/h1-5,10,13H,6H2,(H2,14,15,16,17);1-4,6,9,13H,5,12H2,(H,14,15)/t;9-/m.1/s1. The van der Waals surface area contributed by atoms with Crippen molar-refractivity contribution in [3.8, 4) is 0 Å². The number of nitrogens with one attached hydrogen (secondary N) is 4. The van der Waals surface area contributed by atoms with Gasteiger partial charge in [0.2, 0.25) is 0 Å². The minimum atomic E-state index is -0.972. The number of urea groups is 1. The predicted octanol–water partition coefficient (Wildman–Crippen LogP) is 2.04. The molecule has 0 bridgehead atoms. The van der Waals surface area contributed by atoms with E-state index in [-0.39, 0.29) is 5.91 Å². The van der Waals surface area contributed by atoms with Gasteiger partial charge in [-0.25, -0.2) is 4.79 Å². The molecule has 9 nitrogen and oxygen atoms in total. The first-order valence-corrected chi connectivity index (χ1v) is 10.1. The van der Waals surface area contributed by atoms with Gasteiger partial charge in [-0.05, 0) is 40.8 Å². The molecule has 0 radical (unpaired) electrons. The van der Waals surface area contributed by atoms with Gasteiger partial charge in [0.25, 0.3) is 5.91 Å². The molecule has 3 heterocycles. The first kappa shape index (κ1) is 21.1. The molecule has 0 spiro atoms. The topological polar surface area (TPSA) is 153 Å². The molecule has 32 heavy (non-hydrogen) atoms. The van der Waals surface area contributed by atoms with E-state index in [9.17, 15) is 14.4 Å². The highest BCUT2D eigenvalue weighted by molar-refractivity contribution is 6.04. The van der Waals surface area contributed by atoms with Crippen molar-refractivity contribution in [1.29, 1.82) is 0 Å². The SMILES string of the molecule is N[C@H](Cc1c[nH]c2ccccc12)C(=O)O.O=C1NC(=O)C(Cc2ccc3[nH]ccc3c2)N1. The zero-order chi connectivity index (χ0) is 22.7. The number of hydrogen-bond acceptors (Lipinski definition) is 4. The Bertz CT molecular complexity index is 1290. The van der Waals surface area contributed by atoms with Crippen LogP contribution in [0.3, 0.4) is 0 Å². The van der Waals surface area contributed by atoms with Gasteiger partial charge in [-0.15, -0.1) is 0 Å². The number of imide groups is 1. The van der Waals surface area contributed by atoms with E-state index in [2.05, 4.69) is 20.6 Å². The molecule has 3 amide bonds. The van der Waals surface area contributed by atoms with E-state index < -0.39 is 24.1 Å². The van der Waals surface area contributed by atoms with Crippen molar-refractivity contribution in [3.63, 3.8) is 0 Å². The number of aromatic nitrogens is 2. The van der Waals surface area contributed by atoms with Gasteiger partial charge in [0.15, 0.2) is 0 Å². The molecule has 7 N–H and O–H groups in total. The number of rotatable bonds is 5. The Morgan fingerprint density at radius 1 is 1.06 bits per heavy atom. The zero-order valence-electron chi connectivity index (χ0n) is 17.1. The van der Waals surface area contributed by atoms with Crippen LogP contribution in [0.2, 0.25) is 0 Å². The maximum atomic E-state index is 11.4. The molecule has 1 aliphatic rings. The van der Waals surface area contributed by atoms with Crippen molar-refractivity contribution >= 4 is 39.7 Å². The van der Waals surface area contributed by atoms with Crippen LogP contribution in [0.1, 0.15) is 11.1 Å². The van der Waals surface area contributed by atoms with Crippen molar-refractivity contribution in [2.45, 2.75) is 24.9 Å². The van der Waals surface area contributed by atoms with E-state index in [1.807, 2.05) is 60.9 Å². The number of fused-ring (bicyclic) bond motifs is 2. The quantitative estimate of drug-likeness (QED) is 0.266. The molecule has 1 saturated heterocycles. The maximum Gasteiger partial charge on any atom is 0.322 e. The molecule has 0 aliphatic carbocycles.